The molecule has 0 N–H and O–H groups in total. The van der Waals surface area contributed by atoms with Crippen LogP contribution in [0.25, 0.3) is 5.69 Å². The monoisotopic (exact) mass is 329 g/mol. The number of nitrogens with zero attached hydrogens (tertiary/aromatic N) is 3. The number of aromatic nitrogens is 2. The molecule has 5 nitrogen and oxygen atoms in total. The quantitative estimate of drug-likeness (QED) is 0.745. The number of benzene rings is 1. The molecule has 1 atom stereocenters. The summed E-state index contributed by atoms with van der Waals surface area (Å²) in [4.78, 5) is 6.86. The maximum Gasteiger partial charge on any atom is 0.127 e. The van der Waals surface area contributed by atoms with Crippen LogP contribution in [0.3, 0.4) is 0 Å². The molecule has 0 spiro atoms. The molecular weight excluding hydrogens is 302 g/mol. The Hall–Kier alpha value is -1.85. The third kappa shape index (κ3) is 4.36. The lowest BCUT2D eigenvalue weighted by Gasteiger charge is -2.18. The van der Waals surface area contributed by atoms with Crippen molar-refractivity contribution in [3.8, 4) is 11.4 Å². The van der Waals surface area contributed by atoms with Gasteiger partial charge in [0.25, 0.3) is 0 Å². The first-order chi connectivity index (χ1) is 11.8. The van der Waals surface area contributed by atoms with Crippen LogP contribution in [-0.2, 0) is 11.3 Å². The number of rotatable bonds is 8. The molecule has 1 saturated heterocycles. The third-order valence-corrected chi connectivity index (χ3v) is 4.57. The summed E-state index contributed by atoms with van der Waals surface area (Å²) in [6.07, 6.45) is 9.14. The largest absolute Gasteiger partial charge is 0.497 e. The van der Waals surface area contributed by atoms with Gasteiger partial charge in [0.2, 0.25) is 0 Å². The summed E-state index contributed by atoms with van der Waals surface area (Å²) in [7, 11) is 3.84. The standard InChI is InChI=1S/C19H27N3O2/c1-21(12-3-5-18-6-4-14-24-18)15-19-20-11-13-22(19)16-7-9-17(23-2)10-8-16/h7-11,13,18H,3-6,12,14-15H2,1-2H3/t18-/m0/s1. The van der Waals surface area contributed by atoms with E-state index in [1.807, 2.05) is 24.5 Å². The van der Waals surface area contributed by atoms with Crippen LogP contribution in [0.15, 0.2) is 36.7 Å². The maximum absolute atomic E-state index is 5.69. The molecule has 24 heavy (non-hydrogen) atoms. The zero-order chi connectivity index (χ0) is 16.8. The summed E-state index contributed by atoms with van der Waals surface area (Å²) in [6, 6.07) is 8.07. The summed E-state index contributed by atoms with van der Waals surface area (Å²) in [6.45, 7) is 2.85. The fourth-order valence-corrected chi connectivity index (χ4v) is 3.21. The van der Waals surface area contributed by atoms with E-state index in [1.54, 1.807) is 7.11 Å². The minimum absolute atomic E-state index is 0.486. The first-order valence-corrected chi connectivity index (χ1v) is 8.73. The van der Waals surface area contributed by atoms with E-state index in [9.17, 15) is 0 Å². The van der Waals surface area contributed by atoms with Gasteiger partial charge in [0.05, 0.1) is 19.8 Å². The van der Waals surface area contributed by atoms with Crippen molar-refractivity contribution in [1.82, 2.24) is 14.5 Å². The van der Waals surface area contributed by atoms with E-state index < -0.39 is 0 Å². The summed E-state index contributed by atoms with van der Waals surface area (Å²) >= 11 is 0. The fraction of sp³-hybridized carbons (Fsp3) is 0.526. The Morgan fingerprint density at radius 2 is 2.17 bits per heavy atom. The van der Waals surface area contributed by atoms with Crippen LogP contribution in [0.5, 0.6) is 5.75 Å². The van der Waals surface area contributed by atoms with Crippen LogP contribution in [0.2, 0.25) is 0 Å². The Morgan fingerprint density at radius 1 is 1.33 bits per heavy atom. The molecule has 0 aliphatic carbocycles. The Kier molecular flexibility index (Phi) is 5.88. The second-order valence-electron chi connectivity index (χ2n) is 6.43. The summed E-state index contributed by atoms with van der Waals surface area (Å²) in [5.74, 6) is 1.92. The molecule has 0 radical (unpaired) electrons. The number of ether oxygens (including phenoxy) is 2. The van der Waals surface area contributed by atoms with Gasteiger partial charge in [0.1, 0.15) is 11.6 Å². The van der Waals surface area contributed by atoms with Gasteiger partial charge in [0.15, 0.2) is 0 Å². The first kappa shape index (κ1) is 17.0. The van der Waals surface area contributed by atoms with Crippen molar-refractivity contribution in [2.45, 2.75) is 38.3 Å². The molecule has 0 saturated carbocycles. The van der Waals surface area contributed by atoms with Gasteiger partial charge in [-0.2, -0.15) is 0 Å². The molecule has 1 fully saturated rings. The van der Waals surface area contributed by atoms with Gasteiger partial charge in [-0.1, -0.05) is 0 Å². The molecule has 130 valence electrons. The fourth-order valence-electron chi connectivity index (χ4n) is 3.21. The van der Waals surface area contributed by atoms with Crippen molar-refractivity contribution >= 4 is 0 Å². The predicted octanol–water partition coefficient (Wildman–Crippen LogP) is 3.27. The number of methoxy groups -OCH3 is 1. The van der Waals surface area contributed by atoms with Crippen molar-refractivity contribution in [2.24, 2.45) is 0 Å². The van der Waals surface area contributed by atoms with Crippen molar-refractivity contribution in [1.29, 1.82) is 0 Å². The Bertz CT molecular complexity index is 618. The highest BCUT2D eigenvalue weighted by Gasteiger charge is 2.15. The maximum atomic E-state index is 5.69. The molecule has 0 amide bonds. The van der Waals surface area contributed by atoms with Gasteiger partial charge in [-0.05, 0) is 63.5 Å². The lowest BCUT2D eigenvalue weighted by atomic mass is 10.1. The molecule has 1 aliphatic heterocycles. The molecule has 1 aliphatic rings. The van der Waals surface area contributed by atoms with E-state index in [-0.39, 0.29) is 0 Å². The van der Waals surface area contributed by atoms with Crippen LogP contribution in [0.4, 0.5) is 0 Å². The molecule has 1 aromatic heterocycles. The van der Waals surface area contributed by atoms with E-state index in [2.05, 4.69) is 33.6 Å². The Morgan fingerprint density at radius 3 is 2.88 bits per heavy atom. The van der Waals surface area contributed by atoms with Gasteiger partial charge in [-0.25, -0.2) is 4.98 Å². The molecule has 3 rings (SSSR count). The molecule has 2 aromatic rings. The summed E-state index contributed by atoms with van der Waals surface area (Å²) in [5, 5.41) is 0. The number of hydrogen-bond donors (Lipinski definition) is 0. The van der Waals surface area contributed by atoms with Gasteiger partial charge in [-0.15, -0.1) is 0 Å². The zero-order valence-corrected chi connectivity index (χ0v) is 14.6. The molecule has 0 bridgehead atoms. The number of hydrogen-bond acceptors (Lipinski definition) is 4. The highest BCUT2D eigenvalue weighted by atomic mass is 16.5. The SMILES string of the molecule is COc1ccc(-n2ccnc2CN(C)CCC[C@H]2CCCO2)cc1. The van der Waals surface area contributed by atoms with Crippen LogP contribution >= 0.6 is 0 Å². The lowest BCUT2D eigenvalue weighted by molar-refractivity contribution is 0.0994. The average molecular weight is 329 g/mol. The minimum Gasteiger partial charge on any atom is -0.497 e. The van der Waals surface area contributed by atoms with Crippen molar-refractivity contribution < 1.29 is 9.47 Å². The van der Waals surface area contributed by atoms with Crippen molar-refractivity contribution in [2.75, 3.05) is 27.3 Å². The normalized spacial score (nSPS) is 17.5. The van der Waals surface area contributed by atoms with Crippen LogP contribution in [-0.4, -0.2) is 47.9 Å². The van der Waals surface area contributed by atoms with E-state index >= 15 is 0 Å². The molecule has 5 heteroatoms. The minimum atomic E-state index is 0.486. The second kappa shape index (κ2) is 8.31. The first-order valence-electron chi connectivity index (χ1n) is 8.73. The van der Waals surface area contributed by atoms with Crippen molar-refractivity contribution in [3.63, 3.8) is 0 Å². The smallest absolute Gasteiger partial charge is 0.127 e. The van der Waals surface area contributed by atoms with E-state index in [0.717, 1.165) is 43.4 Å². The van der Waals surface area contributed by atoms with Gasteiger partial charge in [-0.3, -0.25) is 4.90 Å². The van der Waals surface area contributed by atoms with Crippen LogP contribution in [0.1, 0.15) is 31.5 Å². The van der Waals surface area contributed by atoms with Crippen LogP contribution < -0.4 is 4.74 Å². The molecule has 1 aromatic carbocycles. The Balaban J connectivity index is 1.54. The predicted molar refractivity (Wildman–Crippen MR) is 94.7 cm³/mol. The van der Waals surface area contributed by atoms with Crippen LogP contribution in [0, 0.1) is 0 Å². The zero-order valence-electron chi connectivity index (χ0n) is 14.6. The third-order valence-electron chi connectivity index (χ3n) is 4.57. The molecule has 2 heterocycles. The highest BCUT2D eigenvalue weighted by Crippen LogP contribution is 2.18. The lowest BCUT2D eigenvalue weighted by Crippen LogP contribution is -2.22. The Labute approximate surface area is 144 Å². The second-order valence-corrected chi connectivity index (χ2v) is 6.43. The van der Waals surface area contributed by atoms with Gasteiger partial charge in [0, 0.05) is 24.7 Å². The topological polar surface area (TPSA) is 39.5 Å². The molecule has 0 unspecified atom stereocenters. The van der Waals surface area contributed by atoms with E-state index in [1.165, 1.54) is 19.3 Å². The number of imidazole rings is 1. The van der Waals surface area contributed by atoms with Crippen molar-refractivity contribution in [3.05, 3.63) is 42.5 Å². The molecular formula is C19H27N3O2. The highest BCUT2D eigenvalue weighted by molar-refractivity contribution is 5.38. The van der Waals surface area contributed by atoms with Gasteiger partial charge < -0.3 is 14.0 Å². The average Bonchev–Trinajstić information content (AvgIpc) is 3.27. The summed E-state index contributed by atoms with van der Waals surface area (Å²) in [5.41, 5.74) is 1.11. The van der Waals surface area contributed by atoms with Gasteiger partial charge >= 0.3 is 0 Å². The summed E-state index contributed by atoms with van der Waals surface area (Å²) < 4.78 is 13.1. The van der Waals surface area contributed by atoms with E-state index in [4.69, 9.17) is 9.47 Å². The van der Waals surface area contributed by atoms with E-state index in [0.29, 0.717) is 6.10 Å².